The molecule has 2 amide bonds. The van der Waals surface area contributed by atoms with Crippen molar-refractivity contribution in [1.29, 1.82) is 0 Å². The van der Waals surface area contributed by atoms with Crippen molar-refractivity contribution in [2.45, 2.75) is 36.6 Å². The molecule has 34 heavy (non-hydrogen) atoms. The lowest BCUT2D eigenvalue weighted by Gasteiger charge is -2.17. The zero-order valence-corrected chi connectivity index (χ0v) is 20.8. The third-order valence-corrected chi connectivity index (χ3v) is 8.20. The van der Waals surface area contributed by atoms with Gasteiger partial charge in [-0.3, -0.25) is 0 Å². The standard InChI is InChI=1S/C25H24Cl2N2O4S/c1-16(22-3-2-4-23(26)24(22)27)28-25(30)29-20-7-9-21(10-8-20)34(31,32)15-17-5-6-18-11-12-33-14-19(18)13-17/h2-10,13,16H,11-12,14-15H2,1H3,(H2,28,29,30). The first kappa shape index (κ1) is 24.5. The van der Waals surface area contributed by atoms with Crippen LogP contribution in [0.5, 0.6) is 0 Å². The molecule has 1 unspecified atom stereocenters. The van der Waals surface area contributed by atoms with Gasteiger partial charge in [-0.25, -0.2) is 13.2 Å². The molecule has 0 aliphatic carbocycles. The SMILES string of the molecule is CC(NC(=O)Nc1ccc(S(=O)(=O)Cc2ccc3c(c2)COCC3)cc1)c1cccc(Cl)c1Cl. The Morgan fingerprint density at radius 1 is 1.06 bits per heavy atom. The lowest BCUT2D eigenvalue weighted by molar-refractivity contribution is 0.110. The van der Waals surface area contributed by atoms with Crippen molar-refractivity contribution >= 4 is 44.8 Å². The number of hydrogen-bond donors (Lipinski definition) is 2. The number of hydrogen-bond acceptors (Lipinski definition) is 4. The van der Waals surface area contributed by atoms with Crippen LogP contribution in [0.1, 0.15) is 35.2 Å². The van der Waals surface area contributed by atoms with Gasteiger partial charge >= 0.3 is 6.03 Å². The van der Waals surface area contributed by atoms with Crippen molar-refractivity contribution in [2.75, 3.05) is 11.9 Å². The highest BCUT2D eigenvalue weighted by Crippen LogP contribution is 2.30. The van der Waals surface area contributed by atoms with E-state index in [1.165, 1.54) is 17.7 Å². The fraction of sp³-hybridized carbons (Fsp3) is 0.240. The maximum atomic E-state index is 12.9. The summed E-state index contributed by atoms with van der Waals surface area (Å²) in [7, 11) is -3.55. The fourth-order valence-corrected chi connectivity index (χ4v) is 5.66. The molecule has 0 radical (unpaired) electrons. The van der Waals surface area contributed by atoms with Gasteiger partial charge in [0.05, 0.1) is 39.9 Å². The summed E-state index contributed by atoms with van der Waals surface area (Å²) in [6.45, 7) is 2.99. The number of carbonyl (C=O) groups is 1. The minimum atomic E-state index is -3.55. The highest BCUT2D eigenvalue weighted by Gasteiger charge is 2.18. The monoisotopic (exact) mass is 518 g/mol. The van der Waals surface area contributed by atoms with Crippen LogP contribution >= 0.6 is 23.2 Å². The van der Waals surface area contributed by atoms with E-state index in [1.807, 2.05) is 18.2 Å². The Kier molecular flexibility index (Phi) is 7.48. The molecule has 2 N–H and O–H groups in total. The highest BCUT2D eigenvalue weighted by atomic mass is 35.5. The van der Waals surface area contributed by atoms with Gasteiger partial charge in [0.15, 0.2) is 9.84 Å². The maximum absolute atomic E-state index is 12.9. The van der Waals surface area contributed by atoms with Gasteiger partial charge in [-0.15, -0.1) is 0 Å². The number of anilines is 1. The molecule has 4 rings (SSSR count). The first-order valence-corrected chi connectivity index (χ1v) is 13.2. The summed E-state index contributed by atoms with van der Waals surface area (Å²) in [6, 6.07) is 16.2. The van der Waals surface area contributed by atoms with E-state index in [4.69, 9.17) is 27.9 Å². The van der Waals surface area contributed by atoms with Gasteiger partial charge in [0.1, 0.15) is 0 Å². The predicted octanol–water partition coefficient (Wildman–Crippen LogP) is 5.92. The number of ether oxygens (including phenoxy) is 1. The number of halogens is 2. The molecule has 0 bridgehead atoms. The second-order valence-electron chi connectivity index (χ2n) is 8.15. The van der Waals surface area contributed by atoms with Crippen molar-refractivity contribution in [3.63, 3.8) is 0 Å². The van der Waals surface area contributed by atoms with E-state index in [0.29, 0.717) is 34.5 Å². The number of carbonyl (C=O) groups excluding carboxylic acids is 1. The van der Waals surface area contributed by atoms with Crippen LogP contribution in [0.4, 0.5) is 10.5 Å². The van der Waals surface area contributed by atoms with Crippen LogP contribution < -0.4 is 10.6 Å². The number of nitrogens with one attached hydrogen (secondary N) is 2. The molecule has 178 valence electrons. The van der Waals surface area contributed by atoms with E-state index < -0.39 is 15.9 Å². The number of sulfone groups is 1. The molecule has 0 spiro atoms. The van der Waals surface area contributed by atoms with E-state index in [9.17, 15) is 13.2 Å². The summed E-state index contributed by atoms with van der Waals surface area (Å²) in [5, 5.41) is 6.30. The number of fused-ring (bicyclic) bond motifs is 1. The van der Waals surface area contributed by atoms with Crippen molar-refractivity contribution in [1.82, 2.24) is 5.32 Å². The van der Waals surface area contributed by atoms with Gasteiger partial charge in [0.2, 0.25) is 0 Å². The van der Waals surface area contributed by atoms with Crippen molar-refractivity contribution in [3.8, 4) is 0 Å². The molecule has 1 heterocycles. The number of rotatable bonds is 6. The van der Waals surface area contributed by atoms with Crippen LogP contribution in [0, 0.1) is 0 Å². The van der Waals surface area contributed by atoms with Crippen molar-refractivity contribution < 1.29 is 17.9 Å². The number of benzene rings is 3. The third kappa shape index (κ3) is 5.73. The molecule has 0 fully saturated rings. The molecule has 0 saturated heterocycles. The normalized spacial score (nSPS) is 14.2. The Bertz CT molecular complexity index is 1310. The topological polar surface area (TPSA) is 84.5 Å². The molecule has 6 nitrogen and oxygen atoms in total. The van der Waals surface area contributed by atoms with E-state index in [0.717, 1.165) is 17.5 Å². The summed E-state index contributed by atoms with van der Waals surface area (Å²) in [5.74, 6) is -0.106. The Morgan fingerprint density at radius 3 is 2.59 bits per heavy atom. The van der Waals surface area contributed by atoms with Crippen LogP contribution in [-0.2, 0) is 33.4 Å². The van der Waals surface area contributed by atoms with Gasteiger partial charge in [-0.2, -0.15) is 0 Å². The van der Waals surface area contributed by atoms with Crippen molar-refractivity contribution in [3.05, 3.63) is 93.0 Å². The average Bonchev–Trinajstić information content (AvgIpc) is 2.80. The highest BCUT2D eigenvalue weighted by molar-refractivity contribution is 7.90. The molecule has 9 heteroatoms. The van der Waals surface area contributed by atoms with Crippen LogP contribution in [0.15, 0.2) is 65.6 Å². The Labute approximate surface area is 209 Å². The minimum Gasteiger partial charge on any atom is -0.376 e. The third-order valence-electron chi connectivity index (χ3n) is 5.67. The van der Waals surface area contributed by atoms with Gasteiger partial charge in [-0.05, 0) is 65.9 Å². The van der Waals surface area contributed by atoms with E-state index >= 15 is 0 Å². The van der Waals surface area contributed by atoms with Crippen molar-refractivity contribution in [2.24, 2.45) is 0 Å². The van der Waals surface area contributed by atoms with Crippen LogP contribution in [0.3, 0.4) is 0 Å². The second kappa shape index (κ2) is 10.4. The predicted molar refractivity (Wildman–Crippen MR) is 134 cm³/mol. The molecule has 0 saturated carbocycles. The van der Waals surface area contributed by atoms with E-state index in [-0.39, 0.29) is 16.7 Å². The Morgan fingerprint density at radius 2 is 1.82 bits per heavy atom. The molecule has 1 aliphatic heterocycles. The van der Waals surface area contributed by atoms with Crippen LogP contribution in [0.25, 0.3) is 0 Å². The summed E-state index contributed by atoms with van der Waals surface area (Å²) in [6.07, 6.45) is 0.843. The van der Waals surface area contributed by atoms with Crippen LogP contribution in [-0.4, -0.2) is 21.1 Å². The lowest BCUT2D eigenvalue weighted by Crippen LogP contribution is -2.31. The molecule has 1 atom stereocenters. The first-order valence-electron chi connectivity index (χ1n) is 10.8. The fourth-order valence-electron chi connectivity index (χ4n) is 3.86. The molecule has 1 aliphatic rings. The first-order chi connectivity index (χ1) is 16.2. The largest absolute Gasteiger partial charge is 0.376 e. The molecule has 3 aromatic carbocycles. The van der Waals surface area contributed by atoms with E-state index in [2.05, 4.69) is 10.6 Å². The smallest absolute Gasteiger partial charge is 0.319 e. The second-order valence-corrected chi connectivity index (χ2v) is 10.9. The Hall–Kier alpha value is -2.58. The summed E-state index contributed by atoms with van der Waals surface area (Å²) >= 11 is 12.3. The van der Waals surface area contributed by atoms with Gasteiger partial charge in [0.25, 0.3) is 0 Å². The number of amides is 2. The zero-order valence-electron chi connectivity index (χ0n) is 18.5. The maximum Gasteiger partial charge on any atom is 0.319 e. The molecular weight excluding hydrogens is 495 g/mol. The minimum absolute atomic E-state index is 0.106. The quantitative estimate of drug-likeness (QED) is 0.423. The summed E-state index contributed by atoms with van der Waals surface area (Å²) in [4.78, 5) is 12.6. The lowest BCUT2D eigenvalue weighted by atomic mass is 10.0. The number of urea groups is 1. The Balaban J connectivity index is 1.39. The summed E-state index contributed by atoms with van der Waals surface area (Å²) < 4.78 is 31.3. The zero-order chi connectivity index (χ0) is 24.3. The summed E-state index contributed by atoms with van der Waals surface area (Å²) in [5.41, 5.74) is 4.12. The van der Waals surface area contributed by atoms with E-state index in [1.54, 1.807) is 37.3 Å². The molecular formula is C25H24Cl2N2O4S. The average molecular weight is 519 g/mol. The van der Waals surface area contributed by atoms with Gasteiger partial charge < -0.3 is 15.4 Å². The van der Waals surface area contributed by atoms with Crippen LogP contribution in [0.2, 0.25) is 10.0 Å². The molecule has 3 aromatic rings. The van der Waals surface area contributed by atoms with Gasteiger partial charge in [-0.1, -0.05) is 53.5 Å². The van der Waals surface area contributed by atoms with Gasteiger partial charge in [0, 0.05) is 5.69 Å². The molecule has 0 aromatic heterocycles.